The Kier molecular flexibility index (Phi) is 6.11. The summed E-state index contributed by atoms with van der Waals surface area (Å²) in [5, 5.41) is 9.73. The summed E-state index contributed by atoms with van der Waals surface area (Å²) < 4.78 is 11.0. The van der Waals surface area contributed by atoms with Crippen LogP contribution in [-0.4, -0.2) is 40.7 Å². The van der Waals surface area contributed by atoms with Gasteiger partial charge in [-0.05, 0) is 55.2 Å². The third kappa shape index (κ3) is 4.52. The molecule has 1 N–H and O–H groups in total. The molecule has 0 amide bonds. The average Bonchev–Trinajstić information content (AvgIpc) is 3.51. The van der Waals surface area contributed by atoms with Gasteiger partial charge in [-0.25, -0.2) is 9.78 Å². The third-order valence-electron chi connectivity index (χ3n) is 5.96. The van der Waals surface area contributed by atoms with E-state index in [0.29, 0.717) is 21.9 Å². The second kappa shape index (κ2) is 8.78. The number of aliphatic hydroxyl groups excluding tert-OH is 1. The fraction of sp³-hybridized carbons (Fsp3) is 0.500. The highest BCUT2D eigenvalue weighted by atomic mass is 35.5. The molecule has 2 aromatic rings. The number of rotatable bonds is 7. The van der Waals surface area contributed by atoms with E-state index in [9.17, 15) is 9.90 Å². The topological polar surface area (TPSA) is 84.8 Å². The zero-order valence-corrected chi connectivity index (χ0v) is 17.8. The number of nitrogens with zero attached hydrogens (tertiary/aromatic N) is 3. The number of hydrogen-bond donors (Lipinski definition) is 1. The molecule has 8 heteroatoms. The van der Waals surface area contributed by atoms with E-state index in [4.69, 9.17) is 21.1 Å². The number of hydrogen-bond acceptors (Lipinski definition) is 7. The number of anilines is 1. The van der Waals surface area contributed by atoms with Crippen molar-refractivity contribution >= 4 is 23.5 Å². The first-order valence-electron chi connectivity index (χ1n) is 10.3. The van der Waals surface area contributed by atoms with E-state index in [1.165, 1.54) is 19.0 Å². The molecule has 1 aliphatic heterocycles. The maximum atomic E-state index is 12.4. The van der Waals surface area contributed by atoms with Crippen molar-refractivity contribution in [2.45, 2.75) is 45.8 Å². The fourth-order valence-corrected chi connectivity index (χ4v) is 4.05. The number of aliphatic hydroxyl groups is 1. The molecule has 2 fully saturated rings. The number of carbonyl (C=O) groups is 1. The summed E-state index contributed by atoms with van der Waals surface area (Å²) in [7, 11) is 0. The van der Waals surface area contributed by atoms with Crippen molar-refractivity contribution in [1.29, 1.82) is 0 Å². The molecule has 1 saturated heterocycles. The Balaban J connectivity index is 1.53. The van der Waals surface area contributed by atoms with Crippen LogP contribution in [0.3, 0.4) is 0 Å². The van der Waals surface area contributed by atoms with Gasteiger partial charge in [0.1, 0.15) is 12.2 Å². The number of piperidine rings is 1. The van der Waals surface area contributed by atoms with E-state index in [2.05, 4.69) is 14.9 Å². The third-order valence-corrected chi connectivity index (χ3v) is 6.32. The van der Waals surface area contributed by atoms with E-state index in [1.54, 1.807) is 19.1 Å². The van der Waals surface area contributed by atoms with Crippen LogP contribution in [-0.2, 0) is 18.0 Å². The Hall–Kier alpha value is -2.38. The summed E-state index contributed by atoms with van der Waals surface area (Å²) in [4.78, 5) is 23.5. The summed E-state index contributed by atoms with van der Waals surface area (Å²) in [6.07, 6.45) is 6.45. The number of halogens is 1. The first kappa shape index (κ1) is 20.9. The minimum absolute atomic E-state index is 0.126. The standard InChI is InChI=1S/C22H26ClN3O4/c1-2-29-20(28)17-12-24-21(26-9-7-22(5-6-22)8-10-26)25-19(17)30-14-15-3-4-16(13-27)18(23)11-15/h3-4,11-12,27H,2,5-10,13-14H2,1H3. The highest BCUT2D eigenvalue weighted by molar-refractivity contribution is 6.31. The lowest BCUT2D eigenvalue weighted by Gasteiger charge is -2.32. The molecule has 0 unspecified atom stereocenters. The molecule has 160 valence electrons. The molecule has 2 heterocycles. The van der Waals surface area contributed by atoms with Crippen LogP contribution in [0.15, 0.2) is 24.4 Å². The number of ether oxygens (including phenoxy) is 2. The van der Waals surface area contributed by atoms with Gasteiger partial charge in [-0.3, -0.25) is 0 Å². The van der Waals surface area contributed by atoms with Crippen molar-refractivity contribution in [3.8, 4) is 5.88 Å². The van der Waals surface area contributed by atoms with Gasteiger partial charge >= 0.3 is 5.97 Å². The van der Waals surface area contributed by atoms with Crippen molar-refractivity contribution in [3.63, 3.8) is 0 Å². The lowest BCUT2D eigenvalue weighted by molar-refractivity contribution is 0.0519. The van der Waals surface area contributed by atoms with E-state index in [-0.39, 0.29) is 31.3 Å². The fourth-order valence-electron chi connectivity index (χ4n) is 3.79. The Bertz CT molecular complexity index is 923. The number of esters is 1. The molecule has 0 bridgehead atoms. The summed E-state index contributed by atoms with van der Waals surface area (Å²) >= 11 is 6.17. The van der Waals surface area contributed by atoms with Gasteiger partial charge in [0.25, 0.3) is 0 Å². The first-order valence-corrected chi connectivity index (χ1v) is 10.7. The monoisotopic (exact) mass is 431 g/mol. The largest absolute Gasteiger partial charge is 0.472 e. The highest BCUT2D eigenvalue weighted by Gasteiger charge is 2.44. The van der Waals surface area contributed by atoms with E-state index in [1.807, 2.05) is 6.07 Å². The minimum Gasteiger partial charge on any atom is -0.472 e. The van der Waals surface area contributed by atoms with Crippen LogP contribution in [0, 0.1) is 5.41 Å². The zero-order valence-electron chi connectivity index (χ0n) is 17.1. The molecular formula is C22H26ClN3O4. The maximum Gasteiger partial charge on any atom is 0.345 e. The maximum absolute atomic E-state index is 12.4. The van der Waals surface area contributed by atoms with Gasteiger partial charge in [0, 0.05) is 18.1 Å². The molecule has 1 spiro atoms. The molecular weight excluding hydrogens is 406 g/mol. The van der Waals surface area contributed by atoms with E-state index >= 15 is 0 Å². The Morgan fingerprint density at radius 1 is 1.27 bits per heavy atom. The van der Waals surface area contributed by atoms with Crippen LogP contribution in [0.2, 0.25) is 5.02 Å². The summed E-state index contributed by atoms with van der Waals surface area (Å²) in [5.41, 5.74) is 2.21. The zero-order chi connectivity index (χ0) is 21.1. The van der Waals surface area contributed by atoms with Gasteiger partial charge in [0.2, 0.25) is 11.8 Å². The van der Waals surface area contributed by atoms with Crippen LogP contribution in [0.4, 0.5) is 5.95 Å². The summed E-state index contributed by atoms with van der Waals surface area (Å²) in [6.45, 7) is 3.88. The molecule has 1 saturated carbocycles. The molecule has 1 aromatic heterocycles. The molecule has 1 aliphatic carbocycles. The normalized spacial score (nSPS) is 17.1. The molecule has 7 nitrogen and oxygen atoms in total. The predicted molar refractivity (Wildman–Crippen MR) is 113 cm³/mol. The molecule has 4 rings (SSSR count). The van der Waals surface area contributed by atoms with Crippen LogP contribution < -0.4 is 9.64 Å². The molecule has 0 radical (unpaired) electrons. The molecule has 30 heavy (non-hydrogen) atoms. The van der Waals surface area contributed by atoms with Crippen LogP contribution in [0.25, 0.3) is 0 Å². The van der Waals surface area contributed by atoms with Crippen LogP contribution in [0.1, 0.15) is 54.1 Å². The summed E-state index contributed by atoms with van der Waals surface area (Å²) in [5.74, 6) is 0.262. The highest BCUT2D eigenvalue weighted by Crippen LogP contribution is 2.53. The molecule has 1 aromatic carbocycles. The van der Waals surface area contributed by atoms with Gasteiger partial charge < -0.3 is 19.5 Å². The van der Waals surface area contributed by atoms with Crippen molar-refractivity contribution in [1.82, 2.24) is 9.97 Å². The first-order chi connectivity index (χ1) is 14.5. The Labute approximate surface area is 181 Å². The van der Waals surface area contributed by atoms with Crippen molar-refractivity contribution in [3.05, 3.63) is 46.1 Å². The smallest absolute Gasteiger partial charge is 0.345 e. The average molecular weight is 432 g/mol. The Morgan fingerprint density at radius 2 is 2.03 bits per heavy atom. The lowest BCUT2D eigenvalue weighted by Crippen LogP contribution is -2.35. The number of carbonyl (C=O) groups excluding carboxylic acids is 1. The molecule has 2 aliphatic rings. The predicted octanol–water partition coefficient (Wildman–Crippen LogP) is 3.76. The number of aromatic nitrogens is 2. The van der Waals surface area contributed by atoms with Gasteiger partial charge in [0.15, 0.2) is 0 Å². The van der Waals surface area contributed by atoms with Gasteiger partial charge in [0.05, 0.1) is 19.4 Å². The number of benzene rings is 1. The van der Waals surface area contributed by atoms with Crippen molar-refractivity contribution in [2.75, 3.05) is 24.6 Å². The van der Waals surface area contributed by atoms with Crippen molar-refractivity contribution < 1.29 is 19.4 Å². The van der Waals surface area contributed by atoms with Gasteiger partial charge in [-0.1, -0.05) is 23.7 Å². The van der Waals surface area contributed by atoms with Crippen molar-refractivity contribution in [2.24, 2.45) is 5.41 Å². The lowest BCUT2D eigenvalue weighted by atomic mass is 9.94. The van der Waals surface area contributed by atoms with E-state index in [0.717, 1.165) is 31.5 Å². The second-order valence-electron chi connectivity index (χ2n) is 7.97. The van der Waals surface area contributed by atoms with Crippen LogP contribution in [0.5, 0.6) is 5.88 Å². The van der Waals surface area contributed by atoms with E-state index < -0.39 is 5.97 Å². The Morgan fingerprint density at radius 3 is 2.67 bits per heavy atom. The molecule has 0 atom stereocenters. The minimum atomic E-state index is -0.511. The quantitative estimate of drug-likeness (QED) is 0.668. The van der Waals surface area contributed by atoms with Gasteiger partial charge in [-0.15, -0.1) is 0 Å². The SMILES string of the molecule is CCOC(=O)c1cnc(N2CCC3(CC2)CC3)nc1OCc1ccc(CO)c(Cl)c1. The van der Waals surface area contributed by atoms with Gasteiger partial charge in [-0.2, -0.15) is 4.98 Å². The second-order valence-corrected chi connectivity index (χ2v) is 8.38. The van der Waals surface area contributed by atoms with Crippen LogP contribution >= 0.6 is 11.6 Å². The summed E-state index contributed by atoms with van der Waals surface area (Å²) in [6, 6.07) is 5.31.